The first-order valence-electron chi connectivity index (χ1n) is 4.49. The van der Waals surface area contributed by atoms with Crippen LogP contribution in [0.2, 0.25) is 0 Å². The van der Waals surface area contributed by atoms with Crippen LogP contribution >= 0.6 is 0 Å². The van der Waals surface area contributed by atoms with E-state index < -0.39 is 31.0 Å². The molecule has 1 saturated heterocycles. The summed E-state index contributed by atoms with van der Waals surface area (Å²) in [6.45, 7) is -0.803. The van der Waals surface area contributed by atoms with Crippen LogP contribution in [0.15, 0.2) is 0 Å². The number of hydrogen-bond acceptors (Lipinski definition) is 3. The molecule has 0 aromatic rings. The SMILES string of the molecule is NC(CO)C(=O)N1CCCC(F)(F)C1. The third-order valence-electron chi connectivity index (χ3n) is 2.22. The zero-order valence-electron chi connectivity index (χ0n) is 7.75. The van der Waals surface area contributed by atoms with Gasteiger partial charge in [0.15, 0.2) is 0 Å². The lowest BCUT2D eigenvalue weighted by Crippen LogP contribution is -2.52. The minimum absolute atomic E-state index is 0.189. The minimum Gasteiger partial charge on any atom is -0.394 e. The molecule has 3 N–H and O–H groups in total. The molecule has 1 aliphatic rings. The lowest BCUT2D eigenvalue weighted by atomic mass is 10.1. The van der Waals surface area contributed by atoms with E-state index >= 15 is 0 Å². The van der Waals surface area contributed by atoms with Gasteiger partial charge < -0.3 is 15.7 Å². The molecule has 4 nitrogen and oxygen atoms in total. The summed E-state index contributed by atoms with van der Waals surface area (Å²) in [4.78, 5) is 12.3. The van der Waals surface area contributed by atoms with Gasteiger partial charge in [-0.25, -0.2) is 8.78 Å². The fourth-order valence-electron chi connectivity index (χ4n) is 1.47. The van der Waals surface area contributed by atoms with Crippen LogP contribution < -0.4 is 5.73 Å². The van der Waals surface area contributed by atoms with Crippen molar-refractivity contribution in [1.82, 2.24) is 4.90 Å². The van der Waals surface area contributed by atoms with Crippen LogP contribution in [-0.2, 0) is 4.79 Å². The third-order valence-corrected chi connectivity index (χ3v) is 2.22. The fourth-order valence-corrected chi connectivity index (χ4v) is 1.47. The highest BCUT2D eigenvalue weighted by molar-refractivity contribution is 5.81. The number of nitrogens with zero attached hydrogens (tertiary/aromatic N) is 1. The normalized spacial score (nSPS) is 23.3. The van der Waals surface area contributed by atoms with Crippen molar-refractivity contribution in [2.45, 2.75) is 24.8 Å². The van der Waals surface area contributed by atoms with Crippen molar-refractivity contribution < 1.29 is 18.7 Å². The Kier molecular flexibility index (Phi) is 3.38. The number of rotatable bonds is 2. The monoisotopic (exact) mass is 208 g/mol. The molecule has 1 aliphatic heterocycles. The van der Waals surface area contributed by atoms with E-state index in [2.05, 4.69) is 0 Å². The Morgan fingerprint density at radius 2 is 2.29 bits per heavy atom. The van der Waals surface area contributed by atoms with Crippen LogP contribution in [0.25, 0.3) is 0 Å². The molecule has 0 aromatic heterocycles. The smallest absolute Gasteiger partial charge is 0.265 e. The molecule has 0 bridgehead atoms. The van der Waals surface area contributed by atoms with Crippen molar-refractivity contribution in [3.63, 3.8) is 0 Å². The molecular formula is C8H14F2N2O2. The minimum atomic E-state index is -2.82. The number of aliphatic hydroxyl groups excluding tert-OH is 1. The van der Waals surface area contributed by atoms with Gasteiger partial charge in [-0.15, -0.1) is 0 Å². The number of amides is 1. The van der Waals surface area contributed by atoms with Crippen molar-refractivity contribution in [3.8, 4) is 0 Å². The molecule has 1 atom stereocenters. The number of carbonyl (C=O) groups is 1. The largest absolute Gasteiger partial charge is 0.394 e. The predicted octanol–water partition coefficient (Wildman–Crippen LogP) is -0.436. The maximum atomic E-state index is 12.9. The van der Waals surface area contributed by atoms with E-state index in [0.29, 0.717) is 6.54 Å². The lowest BCUT2D eigenvalue weighted by molar-refractivity contribution is -0.143. The zero-order valence-corrected chi connectivity index (χ0v) is 7.75. The molecule has 82 valence electrons. The van der Waals surface area contributed by atoms with Crippen LogP contribution in [0, 0.1) is 0 Å². The molecule has 0 aromatic carbocycles. The van der Waals surface area contributed by atoms with Crippen LogP contribution in [-0.4, -0.2) is 47.6 Å². The summed E-state index contributed by atoms with van der Waals surface area (Å²) in [5.41, 5.74) is 5.25. The van der Waals surface area contributed by atoms with Crippen molar-refractivity contribution >= 4 is 5.91 Å². The van der Waals surface area contributed by atoms with E-state index in [1.807, 2.05) is 0 Å². The van der Waals surface area contributed by atoms with Gasteiger partial charge in [0, 0.05) is 13.0 Å². The van der Waals surface area contributed by atoms with Gasteiger partial charge in [0.2, 0.25) is 5.91 Å². The van der Waals surface area contributed by atoms with Gasteiger partial charge in [-0.3, -0.25) is 4.79 Å². The molecule has 0 saturated carbocycles. The summed E-state index contributed by atoms with van der Waals surface area (Å²) >= 11 is 0. The molecule has 1 heterocycles. The maximum absolute atomic E-state index is 12.9. The number of carbonyl (C=O) groups excluding carboxylic acids is 1. The maximum Gasteiger partial charge on any atom is 0.265 e. The Bertz CT molecular complexity index is 223. The van der Waals surface area contributed by atoms with Crippen LogP contribution in [0.5, 0.6) is 0 Å². The van der Waals surface area contributed by atoms with Crippen LogP contribution in [0.4, 0.5) is 8.78 Å². The highest BCUT2D eigenvalue weighted by Crippen LogP contribution is 2.26. The van der Waals surface area contributed by atoms with E-state index in [9.17, 15) is 13.6 Å². The van der Waals surface area contributed by atoms with Crippen LogP contribution in [0.3, 0.4) is 0 Å². The highest BCUT2D eigenvalue weighted by atomic mass is 19.3. The van der Waals surface area contributed by atoms with Gasteiger partial charge in [0.1, 0.15) is 6.04 Å². The second-order valence-corrected chi connectivity index (χ2v) is 3.51. The Morgan fingerprint density at radius 1 is 1.64 bits per heavy atom. The van der Waals surface area contributed by atoms with E-state index in [1.54, 1.807) is 0 Å². The van der Waals surface area contributed by atoms with E-state index in [-0.39, 0.29) is 12.8 Å². The third kappa shape index (κ3) is 2.62. The number of alkyl halides is 2. The molecular weight excluding hydrogens is 194 g/mol. The molecule has 1 fully saturated rings. The first-order chi connectivity index (χ1) is 6.46. The first-order valence-corrected chi connectivity index (χ1v) is 4.49. The molecule has 1 unspecified atom stereocenters. The van der Waals surface area contributed by atoms with Crippen LogP contribution in [0.1, 0.15) is 12.8 Å². The number of nitrogens with two attached hydrogens (primary N) is 1. The molecule has 1 rings (SSSR count). The molecule has 0 radical (unpaired) electrons. The first kappa shape index (κ1) is 11.3. The number of hydrogen-bond donors (Lipinski definition) is 2. The second-order valence-electron chi connectivity index (χ2n) is 3.51. The average Bonchev–Trinajstić information content (AvgIpc) is 2.14. The summed E-state index contributed by atoms with van der Waals surface area (Å²) in [6, 6.07) is -1.08. The number of halogens is 2. The average molecular weight is 208 g/mol. The van der Waals surface area contributed by atoms with E-state index in [0.717, 1.165) is 4.90 Å². The van der Waals surface area contributed by atoms with Gasteiger partial charge >= 0.3 is 0 Å². The Labute approximate surface area is 80.7 Å². The Balaban J connectivity index is 2.56. The summed E-state index contributed by atoms with van der Waals surface area (Å²) in [5, 5.41) is 8.61. The zero-order chi connectivity index (χ0) is 10.8. The molecule has 1 amide bonds. The van der Waals surface area contributed by atoms with Gasteiger partial charge in [-0.1, -0.05) is 0 Å². The summed E-state index contributed by atoms with van der Waals surface area (Å²) < 4.78 is 25.8. The summed E-state index contributed by atoms with van der Waals surface area (Å²) in [7, 11) is 0. The highest BCUT2D eigenvalue weighted by Gasteiger charge is 2.37. The van der Waals surface area contributed by atoms with Gasteiger partial charge in [0.05, 0.1) is 13.2 Å². The van der Waals surface area contributed by atoms with Crippen molar-refractivity contribution in [2.24, 2.45) is 5.73 Å². The number of piperidine rings is 1. The van der Waals surface area contributed by atoms with Gasteiger partial charge in [-0.2, -0.15) is 0 Å². The number of likely N-dealkylation sites (tertiary alicyclic amines) is 1. The fraction of sp³-hybridized carbons (Fsp3) is 0.875. The van der Waals surface area contributed by atoms with Crippen molar-refractivity contribution in [3.05, 3.63) is 0 Å². The van der Waals surface area contributed by atoms with E-state index in [4.69, 9.17) is 10.8 Å². The van der Waals surface area contributed by atoms with Crippen molar-refractivity contribution in [2.75, 3.05) is 19.7 Å². The molecule has 6 heteroatoms. The van der Waals surface area contributed by atoms with Crippen molar-refractivity contribution in [1.29, 1.82) is 0 Å². The topological polar surface area (TPSA) is 66.6 Å². The standard InChI is InChI=1S/C8H14F2N2O2/c9-8(10)2-1-3-12(5-8)7(14)6(11)4-13/h6,13H,1-5,11H2. The molecule has 0 aliphatic carbocycles. The Hall–Kier alpha value is -0.750. The van der Waals surface area contributed by atoms with Gasteiger partial charge in [-0.05, 0) is 6.42 Å². The predicted molar refractivity (Wildman–Crippen MR) is 45.8 cm³/mol. The summed E-state index contributed by atoms with van der Waals surface area (Å²) in [6.07, 6.45) is 0.0853. The second kappa shape index (κ2) is 4.18. The Morgan fingerprint density at radius 3 is 2.79 bits per heavy atom. The van der Waals surface area contributed by atoms with E-state index in [1.165, 1.54) is 0 Å². The molecule has 14 heavy (non-hydrogen) atoms. The summed E-state index contributed by atoms with van der Waals surface area (Å²) in [5.74, 6) is -3.42. The molecule has 0 spiro atoms. The number of aliphatic hydroxyl groups is 1. The lowest BCUT2D eigenvalue weighted by Gasteiger charge is -2.33. The van der Waals surface area contributed by atoms with Gasteiger partial charge in [0.25, 0.3) is 5.92 Å². The quantitative estimate of drug-likeness (QED) is 0.646.